The minimum absolute atomic E-state index is 0.188. The van der Waals surface area contributed by atoms with Gasteiger partial charge in [-0.25, -0.2) is 14.8 Å². The SMILES string of the molecule is O=C(O)c1ccc2nc(-c3ccccc3)c(N3CCOc4ccccc43)nc2c1. The smallest absolute Gasteiger partial charge is 0.335 e. The van der Waals surface area contributed by atoms with E-state index in [2.05, 4.69) is 4.90 Å². The maximum atomic E-state index is 11.4. The summed E-state index contributed by atoms with van der Waals surface area (Å²) in [6.45, 7) is 1.15. The van der Waals surface area contributed by atoms with Crippen molar-refractivity contribution in [3.05, 3.63) is 78.4 Å². The highest BCUT2D eigenvalue weighted by Gasteiger charge is 2.24. The predicted octanol–water partition coefficient (Wildman–Crippen LogP) is 4.53. The van der Waals surface area contributed by atoms with E-state index < -0.39 is 5.97 Å². The van der Waals surface area contributed by atoms with E-state index in [0.29, 0.717) is 30.0 Å². The third kappa shape index (κ3) is 3.04. The molecule has 2 heterocycles. The van der Waals surface area contributed by atoms with E-state index >= 15 is 0 Å². The maximum absolute atomic E-state index is 11.4. The Kier molecular flexibility index (Phi) is 4.09. The van der Waals surface area contributed by atoms with E-state index in [0.717, 1.165) is 22.7 Å². The topological polar surface area (TPSA) is 75.5 Å². The van der Waals surface area contributed by atoms with Crippen LogP contribution in [0.4, 0.5) is 11.5 Å². The lowest BCUT2D eigenvalue weighted by atomic mass is 10.1. The van der Waals surface area contributed by atoms with Crippen LogP contribution in [0, 0.1) is 0 Å². The number of para-hydroxylation sites is 2. The fourth-order valence-corrected chi connectivity index (χ4v) is 3.55. The average molecular weight is 383 g/mol. The third-order valence-corrected chi connectivity index (χ3v) is 4.92. The summed E-state index contributed by atoms with van der Waals surface area (Å²) in [5.74, 6) is 0.486. The fourth-order valence-electron chi connectivity index (χ4n) is 3.55. The summed E-state index contributed by atoms with van der Waals surface area (Å²) in [5.41, 5.74) is 4.00. The van der Waals surface area contributed by atoms with Crippen molar-refractivity contribution in [3.63, 3.8) is 0 Å². The highest BCUT2D eigenvalue weighted by molar-refractivity contribution is 5.94. The zero-order chi connectivity index (χ0) is 19.8. The zero-order valence-electron chi connectivity index (χ0n) is 15.4. The Hall–Kier alpha value is -3.93. The van der Waals surface area contributed by atoms with Gasteiger partial charge < -0.3 is 14.7 Å². The van der Waals surface area contributed by atoms with E-state index in [4.69, 9.17) is 14.7 Å². The molecule has 6 heteroatoms. The highest BCUT2D eigenvalue weighted by atomic mass is 16.5. The van der Waals surface area contributed by atoms with Crippen molar-refractivity contribution < 1.29 is 14.6 Å². The molecule has 3 aromatic carbocycles. The second-order valence-corrected chi connectivity index (χ2v) is 6.74. The van der Waals surface area contributed by atoms with Crippen LogP contribution in [0.1, 0.15) is 10.4 Å². The Labute approximate surface area is 167 Å². The van der Waals surface area contributed by atoms with Gasteiger partial charge in [-0.05, 0) is 30.3 Å². The molecule has 142 valence electrons. The number of carbonyl (C=O) groups is 1. The van der Waals surface area contributed by atoms with Gasteiger partial charge in [-0.2, -0.15) is 0 Å². The molecule has 0 bridgehead atoms. The Morgan fingerprint density at radius 3 is 2.55 bits per heavy atom. The number of carboxylic acid groups (broad SMARTS) is 1. The standard InChI is InChI=1S/C23H17N3O3/c27-23(28)16-10-11-17-18(14-16)25-22(21(24-17)15-6-2-1-3-7-15)26-12-13-29-20-9-5-4-8-19(20)26/h1-11,14H,12-13H2,(H,27,28). The third-order valence-electron chi connectivity index (χ3n) is 4.92. The van der Waals surface area contributed by atoms with Crippen LogP contribution in [0.2, 0.25) is 0 Å². The van der Waals surface area contributed by atoms with E-state index in [1.54, 1.807) is 18.2 Å². The van der Waals surface area contributed by atoms with E-state index in [-0.39, 0.29) is 5.56 Å². The molecule has 1 aromatic heterocycles. The monoisotopic (exact) mass is 383 g/mol. The van der Waals surface area contributed by atoms with Gasteiger partial charge in [0.1, 0.15) is 18.1 Å². The molecule has 1 N–H and O–H groups in total. The number of hydrogen-bond donors (Lipinski definition) is 1. The van der Waals surface area contributed by atoms with Gasteiger partial charge in [0, 0.05) is 5.56 Å². The highest BCUT2D eigenvalue weighted by Crippen LogP contribution is 2.39. The molecule has 29 heavy (non-hydrogen) atoms. The first-order valence-electron chi connectivity index (χ1n) is 9.30. The Morgan fingerprint density at radius 2 is 1.72 bits per heavy atom. The number of fused-ring (bicyclic) bond motifs is 2. The summed E-state index contributed by atoms with van der Waals surface area (Å²) >= 11 is 0. The Morgan fingerprint density at radius 1 is 0.931 bits per heavy atom. The second-order valence-electron chi connectivity index (χ2n) is 6.74. The molecule has 0 spiro atoms. The number of ether oxygens (including phenoxy) is 1. The molecular formula is C23H17N3O3. The van der Waals surface area contributed by atoms with Crippen molar-refractivity contribution in [1.29, 1.82) is 0 Å². The molecule has 0 radical (unpaired) electrons. The lowest BCUT2D eigenvalue weighted by Gasteiger charge is -2.31. The summed E-state index contributed by atoms with van der Waals surface area (Å²) in [4.78, 5) is 23.2. The van der Waals surface area contributed by atoms with Crippen LogP contribution in [0.25, 0.3) is 22.3 Å². The van der Waals surface area contributed by atoms with Crippen molar-refractivity contribution >= 4 is 28.5 Å². The number of rotatable bonds is 3. The molecule has 1 aliphatic rings. The van der Waals surface area contributed by atoms with Gasteiger partial charge in [0.2, 0.25) is 0 Å². The molecule has 0 unspecified atom stereocenters. The first kappa shape index (κ1) is 17.2. The molecule has 5 rings (SSSR count). The summed E-state index contributed by atoms with van der Waals surface area (Å²) in [6, 6.07) is 22.5. The largest absolute Gasteiger partial charge is 0.490 e. The van der Waals surface area contributed by atoms with Crippen LogP contribution in [-0.4, -0.2) is 34.2 Å². The number of aromatic nitrogens is 2. The zero-order valence-corrected chi connectivity index (χ0v) is 15.4. The molecular weight excluding hydrogens is 366 g/mol. The first-order valence-corrected chi connectivity index (χ1v) is 9.30. The fraction of sp³-hybridized carbons (Fsp3) is 0.0870. The number of benzene rings is 3. The predicted molar refractivity (Wildman–Crippen MR) is 111 cm³/mol. The van der Waals surface area contributed by atoms with Gasteiger partial charge in [0.05, 0.1) is 28.8 Å². The summed E-state index contributed by atoms with van der Waals surface area (Å²) in [6.07, 6.45) is 0. The molecule has 0 atom stereocenters. The van der Waals surface area contributed by atoms with Gasteiger partial charge in [0.15, 0.2) is 5.82 Å². The van der Waals surface area contributed by atoms with Gasteiger partial charge in [-0.1, -0.05) is 42.5 Å². The lowest BCUT2D eigenvalue weighted by Crippen LogP contribution is -2.29. The van der Waals surface area contributed by atoms with Gasteiger partial charge >= 0.3 is 5.97 Å². The van der Waals surface area contributed by atoms with Crippen LogP contribution in [0.3, 0.4) is 0 Å². The number of anilines is 2. The summed E-state index contributed by atoms with van der Waals surface area (Å²) in [5, 5.41) is 9.35. The van der Waals surface area contributed by atoms with Crippen LogP contribution >= 0.6 is 0 Å². The van der Waals surface area contributed by atoms with Gasteiger partial charge in [-0.15, -0.1) is 0 Å². The molecule has 4 aromatic rings. The number of hydrogen-bond acceptors (Lipinski definition) is 5. The normalized spacial score (nSPS) is 13.0. The van der Waals surface area contributed by atoms with Crippen molar-refractivity contribution in [2.45, 2.75) is 0 Å². The average Bonchev–Trinajstić information content (AvgIpc) is 2.78. The minimum atomic E-state index is -0.987. The summed E-state index contributed by atoms with van der Waals surface area (Å²) in [7, 11) is 0. The first-order chi connectivity index (χ1) is 14.2. The van der Waals surface area contributed by atoms with E-state index in [1.807, 2.05) is 54.6 Å². The number of carboxylic acids is 1. The minimum Gasteiger partial charge on any atom is -0.490 e. The molecule has 0 fully saturated rings. The lowest BCUT2D eigenvalue weighted by molar-refractivity contribution is 0.0697. The van der Waals surface area contributed by atoms with Crippen LogP contribution in [-0.2, 0) is 0 Å². The van der Waals surface area contributed by atoms with E-state index in [9.17, 15) is 9.90 Å². The van der Waals surface area contributed by atoms with Crippen molar-refractivity contribution in [2.75, 3.05) is 18.1 Å². The maximum Gasteiger partial charge on any atom is 0.335 e. The molecule has 0 amide bonds. The molecule has 6 nitrogen and oxygen atoms in total. The van der Waals surface area contributed by atoms with Crippen LogP contribution < -0.4 is 9.64 Å². The van der Waals surface area contributed by atoms with E-state index in [1.165, 1.54) is 0 Å². The van der Waals surface area contributed by atoms with Gasteiger partial charge in [-0.3, -0.25) is 0 Å². The van der Waals surface area contributed by atoms with Crippen molar-refractivity contribution in [1.82, 2.24) is 9.97 Å². The Bertz CT molecular complexity index is 1220. The second kappa shape index (κ2) is 6.91. The van der Waals surface area contributed by atoms with Crippen LogP contribution in [0.15, 0.2) is 72.8 Å². The van der Waals surface area contributed by atoms with Crippen molar-refractivity contribution in [3.8, 4) is 17.0 Å². The van der Waals surface area contributed by atoms with Crippen LogP contribution in [0.5, 0.6) is 5.75 Å². The molecule has 1 aliphatic heterocycles. The Balaban J connectivity index is 1.77. The molecule has 0 saturated heterocycles. The quantitative estimate of drug-likeness (QED) is 0.560. The van der Waals surface area contributed by atoms with Gasteiger partial charge in [0.25, 0.3) is 0 Å². The van der Waals surface area contributed by atoms with Crippen molar-refractivity contribution in [2.24, 2.45) is 0 Å². The number of aromatic carboxylic acids is 1. The molecule has 0 aliphatic carbocycles. The number of nitrogens with zero attached hydrogens (tertiary/aromatic N) is 3. The summed E-state index contributed by atoms with van der Waals surface area (Å²) < 4.78 is 5.79. The molecule has 0 saturated carbocycles.